The molecule has 1 atom stereocenters. The molecule has 1 unspecified atom stereocenters. The Bertz CT molecular complexity index is 388. The topological polar surface area (TPSA) is 32.3 Å². The van der Waals surface area contributed by atoms with Crippen molar-refractivity contribution in [3.63, 3.8) is 0 Å². The first-order valence-electron chi connectivity index (χ1n) is 6.80. The van der Waals surface area contributed by atoms with Crippen LogP contribution in [0.4, 0.5) is 0 Å². The lowest BCUT2D eigenvalue weighted by molar-refractivity contribution is 0.0300. The van der Waals surface area contributed by atoms with E-state index in [-0.39, 0.29) is 6.04 Å². The number of hydrogen-bond acceptors (Lipinski definition) is 4. The van der Waals surface area contributed by atoms with Crippen molar-refractivity contribution in [2.45, 2.75) is 36.3 Å². The zero-order valence-corrected chi connectivity index (χ0v) is 13.3. The molecule has 0 bridgehead atoms. The van der Waals surface area contributed by atoms with E-state index in [9.17, 15) is 5.11 Å². The molecular weight excluding hydrogens is 274 g/mol. The van der Waals surface area contributed by atoms with Gasteiger partial charge in [0.15, 0.2) is 0 Å². The minimum Gasteiger partial charge on any atom is -0.389 e. The Labute approximate surface area is 124 Å². The lowest BCUT2D eigenvalue weighted by Crippen LogP contribution is -2.44. The van der Waals surface area contributed by atoms with Crippen LogP contribution >= 0.6 is 23.5 Å². The molecule has 0 spiro atoms. The highest BCUT2D eigenvalue weighted by Crippen LogP contribution is 2.27. The van der Waals surface area contributed by atoms with Crippen molar-refractivity contribution in [2.24, 2.45) is 0 Å². The number of thioether (sulfide) groups is 2. The van der Waals surface area contributed by atoms with E-state index >= 15 is 0 Å². The smallest absolute Gasteiger partial charge is 0.0787 e. The fourth-order valence-corrected chi connectivity index (χ4v) is 3.94. The second kappa shape index (κ2) is 7.02. The number of hydrogen-bond donors (Lipinski definition) is 2. The van der Waals surface area contributed by atoms with Crippen LogP contribution < -0.4 is 5.32 Å². The molecule has 0 aliphatic carbocycles. The first-order chi connectivity index (χ1) is 9.13. The molecule has 19 heavy (non-hydrogen) atoms. The van der Waals surface area contributed by atoms with Crippen molar-refractivity contribution in [3.05, 3.63) is 29.8 Å². The number of rotatable bonds is 5. The maximum absolute atomic E-state index is 10.5. The third-order valence-corrected chi connectivity index (χ3v) is 5.51. The van der Waals surface area contributed by atoms with Gasteiger partial charge in [-0.1, -0.05) is 12.1 Å². The molecule has 2 N–H and O–H groups in total. The monoisotopic (exact) mass is 297 g/mol. The Morgan fingerprint density at radius 2 is 1.95 bits per heavy atom. The van der Waals surface area contributed by atoms with Gasteiger partial charge in [-0.3, -0.25) is 0 Å². The van der Waals surface area contributed by atoms with Crippen LogP contribution in [0.25, 0.3) is 0 Å². The van der Waals surface area contributed by atoms with Crippen LogP contribution in [0.1, 0.15) is 31.4 Å². The Balaban J connectivity index is 1.87. The molecule has 1 saturated heterocycles. The molecule has 0 amide bonds. The molecule has 1 aromatic carbocycles. The molecular formula is C15H23NOS2. The second-order valence-electron chi connectivity index (χ2n) is 5.21. The summed E-state index contributed by atoms with van der Waals surface area (Å²) in [6.45, 7) is 2.86. The quantitative estimate of drug-likeness (QED) is 0.817. The summed E-state index contributed by atoms with van der Waals surface area (Å²) >= 11 is 3.70. The highest BCUT2D eigenvalue weighted by molar-refractivity contribution is 7.99. The van der Waals surface area contributed by atoms with Crippen molar-refractivity contribution in [2.75, 3.05) is 24.3 Å². The molecule has 2 nitrogen and oxygen atoms in total. The minimum atomic E-state index is -0.501. The third kappa shape index (κ3) is 4.42. The predicted octanol–water partition coefficient (Wildman–Crippen LogP) is 3.32. The van der Waals surface area contributed by atoms with E-state index in [1.165, 1.54) is 10.5 Å². The van der Waals surface area contributed by atoms with Gasteiger partial charge in [0, 0.05) is 17.5 Å². The maximum atomic E-state index is 10.5. The minimum absolute atomic E-state index is 0.287. The summed E-state index contributed by atoms with van der Waals surface area (Å²) in [5, 5.41) is 14.0. The average Bonchev–Trinajstić information content (AvgIpc) is 2.46. The predicted molar refractivity (Wildman–Crippen MR) is 86.1 cm³/mol. The van der Waals surface area contributed by atoms with Gasteiger partial charge in [0.25, 0.3) is 0 Å². The molecule has 4 heteroatoms. The second-order valence-corrected chi connectivity index (χ2v) is 7.32. The van der Waals surface area contributed by atoms with Crippen molar-refractivity contribution in [3.8, 4) is 0 Å². The highest BCUT2D eigenvalue weighted by Gasteiger charge is 2.29. The molecule has 1 aliphatic rings. The van der Waals surface area contributed by atoms with Crippen LogP contribution in [0.5, 0.6) is 0 Å². The van der Waals surface area contributed by atoms with Crippen LogP contribution in [0, 0.1) is 0 Å². The Morgan fingerprint density at radius 1 is 1.32 bits per heavy atom. The van der Waals surface area contributed by atoms with Gasteiger partial charge in [-0.15, -0.1) is 11.8 Å². The van der Waals surface area contributed by atoms with E-state index in [0.717, 1.165) is 24.3 Å². The summed E-state index contributed by atoms with van der Waals surface area (Å²) in [6, 6.07) is 8.94. The largest absolute Gasteiger partial charge is 0.389 e. The van der Waals surface area contributed by atoms with Crippen LogP contribution in [-0.2, 0) is 0 Å². The molecule has 1 aliphatic heterocycles. The summed E-state index contributed by atoms with van der Waals surface area (Å²) in [4.78, 5) is 1.29. The van der Waals surface area contributed by atoms with Crippen LogP contribution in [0.3, 0.4) is 0 Å². The molecule has 0 aromatic heterocycles. The van der Waals surface area contributed by atoms with Gasteiger partial charge in [-0.2, -0.15) is 11.8 Å². The van der Waals surface area contributed by atoms with E-state index in [2.05, 4.69) is 42.8 Å². The zero-order valence-electron chi connectivity index (χ0n) is 11.7. The van der Waals surface area contributed by atoms with E-state index in [0.29, 0.717) is 6.54 Å². The maximum Gasteiger partial charge on any atom is 0.0787 e. The Morgan fingerprint density at radius 3 is 2.53 bits per heavy atom. The molecule has 106 valence electrons. The first kappa shape index (κ1) is 15.2. The molecule has 0 saturated carbocycles. The fourth-order valence-electron chi connectivity index (χ4n) is 2.28. The van der Waals surface area contributed by atoms with Gasteiger partial charge in [0.2, 0.25) is 0 Å². The van der Waals surface area contributed by atoms with Gasteiger partial charge in [0.05, 0.1) is 5.60 Å². The van der Waals surface area contributed by atoms with E-state index < -0.39 is 5.60 Å². The lowest BCUT2D eigenvalue weighted by atomic mass is 9.96. The summed E-state index contributed by atoms with van der Waals surface area (Å²) < 4.78 is 0. The fraction of sp³-hybridized carbons (Fsp3) is 0.600. The van der Waals surface area contributed by atoms with Crippen LogP contribution in [-0.4, -0.2) is 35.0 Å². The van der Waals surface area contributed by atoms with Gasteiger partial charge in [-0.25, -0.2) is 0 Å². The van der Waals surface area contributed by atoms with Crippen LogP contribution in [0.2, 0.25) is 0 Å². The molecule has 1 fully saturated rings. The normalized spacial score (nSPS) is 20.2. The Kier molecular flexibility index (Phi) is 5.63. The van der Waals surface area contributed by atoms with E-state index in [1.54, 1.807) is 11.8 Å². The SMILES string of the molecule is CSc1ccc(C(C)NCC2(O)CCSCC2)cc1. The molecule has 2 rings (SSSR count). The van der Waals surface area contributed by atoms with E-state index in [4.69, 9.17) is 0 Å². The zero-order chi connectivity index (χ0) is 13.7. The number of benzene rings is 1. The highest BCUT2D eigenvalue weighted by atomic mass is 32.2. The Hall–Kier alpha value is -0.160. The number of aliphatic hydroxyl groups is 1. The van der Waals surface area contributed by atoms with Crippen molar-refractivity contribution < 1.29 is 5.11 Å². The van der Waals surface area contributed by atoms with E-state index in [1.807, 2.05) is 11.8 Å². The van der Waals surface area contributed by atoms with Crippen molar-refractivity contribution in [1.29, 1.82) is 0 Å². The third-order valence-electron chi connectivity index (χ3n) is 3.78. The summed E-state index contributed by atoms with van der Waals surface area (Å²) in [5.74, 6) is 2.16. The standard InChI is InChI=1S/C15H23NOS2/c1-12(13-3-5-14(18-2)6-4-13)16-11-15(17)7-9-19-10-8-15/h3-6,12,16-17H,7-11H2,1-2H3. The van der Waals surface area contributed by atoms with Gasteiger partial charge < -0.3 is 10.4 Å². The summed E-state index contributed by atoms with van der Waals surface area (Å²) in [7, 11) is 0. The number of nitrogens with one attached hydrogen (secondary N) is 1. The van der Waals surface area contributed by atoms with Gasteiger partial charge in [0.1, 0.15) is 0 Å². The molecule has 1 heterocycles. The van der Waals surface area contributed by atoms with Crippen LogP contribution in [0.15, 0.2) is 29.2 Å². The first-order valence-corrected chi connectivity index (χ1v) is 9.18. The summed E-state index contributed by atoms with van der Waals surface area (Å²) in [5.41, 5.74) is 0.783. The van der Waals surface area contributed by atoms with Gasteiger partial charge >= 0.3 is 0 Å². The lowest BCUT2D eigenvalue weighted by Gasteiger charge is -2.33. The van der Waals surface area contributed by atoms with Crippen molar-refractivity contribution in [1.82, 2.24) is 5.32 Å². The molecule has 0 radical (unpaired) electrons. The van der Waals surface area contributed by atoms with Gasteiger partial charge in [-0.05, 0) is 55.2 Å². The van der Waals surface area contributed by atoms with Crippen molar-refractivity contribution >= 4 is 23.5 Å². The summed E-state index contributed by atoms with van der Waals surface area (Å²) in [6.07, 6.45) is 3.90. The average molecular weight is 297 g/mol. The molecule has 1 aromatic rings.